The number of benzene rings is 1. The van der Waals surface area contributed by atoms with E-state index in [1.165, 1.54) is 12.1 Å². The number of aromatic nitrogens is 3. The van der Waals surface area contributed by atoms with Crippen LogP contribution in [0.2, 0.25) is 0 Å². The third-order valence-electron chi connectivity index (χ3n) is 2.55. The molecule has 0 saturated carbocycles. The SMILES string of the molecule is CC(C)CNCc1cn(-c2cc(F)ccc2Br)nn1. The number of rotatable bonds is 5. The van der Waals surface area contributed by atoms with Crippen molar-refractivity contribution in [2.24, 2.45) is 5.92 Å². The van der Waals surface area contributed by atoms with Gasteiger partial charge in [0.25, 0.3) is 0 Å². The maximum atomic E-state index is 13.2. The molecule has 1 N–H and O–H groups in total. The maximum absolute atomic E-state index is 13.2. The molecule has 1 aromatic carbocycles. The van der Waals surface area contributed by atoms with Gasteiger partial charge >= 0.3 is 0 Å². The Morgan fingerprint density at radius 3 is 2.95 bits per heavy atom. The van der Waals surface area contributed by atoms with Crippen LogP contribution in [-0.2, 0) is 6.54 Å². The zero-order chi connectivity index (χ0) is 13.8. The molecule has 4 nitrogen and oxygen atoms in total. The summed E-state index contributed by atoms with van der Waals surface area (Å²) >= 11 is 3.38. The predicted molar refractivity (Wildman–Crippen MR) is 75.6 cm³/mol. The molecular weight excluding hydrogens is 311 g/mol. The van der Waals surface area contributed by atoms with Gasteiger partial charge in [0, 0.05) is 17.1 Å². The van der Waals surface area contributed by atoms with Gasteiger partial charge in [0.05, 0.1) is 17.6 Å². The molecule has 19 heavy (non-hydrogen) atoms. The van der Waals surface area contributed by atoms with E-state index in [-0.39, 0.29) is 5.82 Å². The molecule has 2 aromatic rings. The van der Waals surface area contributed by atoms with Crippen molar-refractivity contribution >= 4 is 15.9 Å². The zero-order valence-electron chi connectivity index (χ0n) is 10.9. The van der Waals surface area contributed by atoms with Crippen molar-refractivity contribution in [3.63, 3.8) is 0 Å². The lowest BCUT2D eigenvalue weighted by Gasteiger charge is -2.04. The highest BCUT2D eigenvalue weighted by Crippen LogP contribution is 2.21. The van der Waals surface area contributed by atoms with Crippen LogP contribution in [0.4, 0.5) is 4.39 Å². The number of halogens is 2. The second-order valence-electron chi connectivity index (χ2n) is 4.77. The summed E-state index contributed by atoms with van der Waals surface area (Å²) in [4.78, 5) is 0. The molecule has 102 valence electrons. The van der Waals surface area contributed by atoms with E-state index in [9.17, 15) is 4.39 Å². The average Bonchev–Trinajstić information content (AvgIpc) is 2.80. The first-order valence-electron chi connectivity index (χ1n) is 6.13. The smallest absolute Gasteiger partial charge is 0.125 e. The molecule has 0 fully saturated rings. The van der Waals surface area contributed by atoms with Crippen molar-refractivity contribution in [1.29, 1.82) is 0 Å². The van der Waals surface area contributed by atoms with Gasteiger partial charge in [-0.15, -0.1) is 5.10 Å². The summed E-state index contributed by atoms with van der Waals surface area (Å²) in [6.07, 6.45) is 1.80. The molecule has 0 aliphatic rings. The van der Waals surface area contributed by atoms with Gasteiger partial charge in [0.2, 0.25) is 0 Å². The van der Waals surface area contributed by atoms with E-state index in [2.05, 4.69) is 45.4 Å². The highest BCUT2D eigenvalue weighted by Gasteiger charge is 2.07. The van der Waals surface area contributed by atoms with Crippen molar-refractivity contribution < 1.29 is 4.39 Å². The van der Waals surface area contributed by atoms with Crippen LogP contribution in [0.15, 0.2) is 28.9 Å². The minimum absolute atomic E-state index is 0.298. The van der Waals surface area contributed by atoms with Gasteiger partial charge in [-0.3, -0.25) is 0 Å². The Morgan fingerprint density at radius 2 is 2.21 bits per heavy atom. The molecule has 0 saturated heterocycles. The molecule has 6 heteroatoms. The highest BCUT2D eigenvalue weighted by molar-refractivity contribution is 9.10. The predicted octanol–water partition coefficient (Wildman–Crippen LogP) is 2.91. The molecule has 0 atom stereocenters. The van der Waals surface area contributed by atoms with E-state index in [4.69, 9.17) is 0 Å². The van der Waals surface area contributed by atoms with Crippen molar-refractivity contribution in [3.8, 4) is 5.69 Å². The first-order valence-corrected chi connectivity index (χ1v) is 6.93. The molecule has 0 amide bonds. The zero-order valence-corrected chi connectivity index (χ0v) is 12.5. The fourth-order valence-electron chi connectivity index (χ4n) is 1.65. The Morgan fingerprint density at radius 1 is 1.42 bits per heavy atom. The average molecular weight is 327 g/mol. The molecule has 2 rings (SSSR count). The molecule has 0 radical (unpaired) electrons. The summed E-state index contributed by atoms with van der Waals surface area (Å²) in [5, 5.41) is 11.4. The highest BCUT2D eigenvalue weighted by atomic mass is 79.9. The second-order valence-corrected chi connectivity index (χ2v) is 5.63. The topological polar surface area (TPSA) is 42.7 Å². The summed E-state index contributed by atoms with van der Waals surface area (Å²) in [6, 6.07) is 4.47. The van der Waals surface area contributed by atoms with Crippen LogP contribution in [0.5, 0.6) is 0 Å². The van der Waals surface area contributed by atoms with E-state index in [1.807, 2.05) is 0 Å². The Kier molecular flexibility index (Phi) is 4.66. The number of nitrogens with one attached hydrogen (secondary N) is 1. The molecular formula is C13H16BrFN4. The number of hydrogen-bond acceptors (Lipinski definition) is 3. The van der Waals surface area contributed by atoms with Gasteiger partial charge < -0.3 is 5.32 Å². The number of nitrogens with zero attached hydrogens (tertiary/aromatic N) is 3. The van der Waals surface area contributed by atoms with Crippen LogP contribution in [0.1, 0.15) is 19.5 Å². The first kappa shape index (κ1) is 14.1. The fraction of sp³-hybridized carbons (Fsp3) is 0.385. The van der Waals surface area contributed by atoms with Gasteiger partial charge in [-0.1, -0.05) is 19.1 Å². The Hall–Kier alpha value is -1.27. The van der Waals surface area contributed by atoms with Gasteiger partial charge in [-0.2, -0.15) is 0 Å². The summed E-state index contributed by atoms with van der Waals surface area (Å²) in [5.41, 5.74) is 1.47. The molecule has 0 aliphatic heterocycles. The fourth-order valence-corrected chi connectivity index (χ4v) is 2.08. The van der Waals surface area contributed by atoms with Crippen LogP contribution >= 0.6 is 15.9 Å². The summed E-state index contributed by atoms with van der Waals surface area (Å²) < 4.78 is 15.6. The van der Waals surface area contributed by atoms with E-state index in [1.54, 1.807) is 16.9 Å². The largest absolute Gasteiger partial charge is 0.311 e. The second kappa shape index (κ2) is 6.25. The van der Waals surface area contributed by atoms with Crippen LogP contribution < -0.4 is 5.32 Å². The van der Waals surface area contributed by atoms with Gasteiger partial charge in [0.15, 0.2) is 0 Å². The van der Waals surface area contributed by atoms with E-state index < -0.39 is 0 Å². The van der Waals surface area contributed by atoms with Crippen molar-refractivity contribution in [2.45, 2.75) is 20.4 Å². The van der Waals surface area contributed by atoms with Crippen LogP contribution in [0, 0.1) is 11.7 Å². The minimum atomic E-state index is -0.298. The quantitative estimate of drug-likeness (QED) is 0.918. The molecule has 0 spiro atoms. The van der Waals surface area contributed by atoms with E-state index in [0.717, 1.165) is 16.7 Å². The lowest BCUT2D eigenvalue weighted by atomic mass is 10.2. The monoisotopic (exact) mass is 326 g/mol. The maximum Gasteiger partial charge on any atom is 0.125 e. The van der Waals surface area contributed by atoms with Crippen LogP contribution in [0.25, 0.3) is 5.69 Å². The summed E-state index contributed by atoms with van der Waals surface area (Å²) in [7, 11) is 0. The molecule has 0 aliphatic carbocycles. The molecule has 1 heterocycles. The van der Waals surface area contributed by atoms with E-state index in [0.29, 0.717) is 18.2 Å². The van der Waals surface area contributed by atoms with Crippen molar-refractivity contribution in [3.05, 3.63) is 40.4 Å². The van der Waals surface area contributed by atoms with Gasteiger partial charge in [-0.05, 0) is 40.5 Å². The lowest BCUT2D eigenvalue weighted by molar-refractivity contribution is 0.548. The molecule has 0 unspecified atom stereocenters. The van der Waals surface area contributed by atoms with Crippen LogP contribution in [0.3, 0.4) is 0 Å². The van der Waals surface area contributed by atoms with Crippen molar-refractivity contribution in [1.82, 2.24) is 20.3 Å². The Labute approximate surface area is 120 Å². The molecule has 0 bridgehead atoms. The minimum Gasteiger partial charge on any atom is -0.311 e. The van der Waals surface area contributed by atoms with Gasteiger partial charge in [0.1, 0.15) is 5.82 Å². The third-order valence-corrected chi connectivity index (χ3v) is 3.23. The Balaban J connectivity index is 2.10. The lowest BCUT2D eigenvalue weighted by Crippen LogP contribution is -2.19. The molecule has 1 aromatic heterocycles. The third kappa shape index (κ3) is 3.84. The number of hydrogen-bond donors (Lipinski definition) is 1. The normalized spacial score (nSPS) is 11.2. The van der Waals surface area contributed by atoms with Gasteiger partial charge in [-0.25, -0.2) is 9.07 Å². The van der Waals surface area contributed by atoms with Crippen molar-refractivity contribution in [2.75, 3.05) is 6.54 Å². The Bertz CT molecular complexity index is 553. The standard InChI is InChI=1S/C13H16BrFN4/c1-9(2)6-16-7-11-8-19(18-17-11)13-5-10(15)3-4-12(13)14/h3-5,8-9,16H,6-7H2,1-2H3. The van der Waals surface area contributed by atoms with Crippen LogP contribution in [-0.4, -0.2) is 21.5 Å². The first-order chi connectivity index (χ1) is 9.06. The van der Waals surface area contributed by atoms with E-state index >= 15 is 0 Å². The summed E-state index contributed by atoms with van der Waals surface area (Å²) in [5.74, 6) is 0.292. The summed E-state index contributed by atoms with van der Waals surface area (Å²) in [6.45, 7) is 5.88.